The summed E-state index contributed by atoms with van der Waals surface area (Å²) in [4.78, 5) is 16.4. The van der Waals surface area contributed by atoms with Crippen LogP contribution < -0.4 is 5.32 Å². The largest absolute Gasteiger partial charge is 0.519 e. The van der Waals surface area contributed by atoms with Crippen LogP contribution in [0.25, 0.3) is 0 Å². The van der Waals surface area contributed by atoms with Gasteiger partial charge in [-0.15, -0.1) is 0 Å². The quantitative estimate of drug-likeness (QED) is 0.173. The normalized spacial score (nSPS) is 42.0. The fourth-order valence-electron chi connectivity index (χ4n) is 15.3. The summed E-state index contributed by atoms with van der Waals surface area (Å²) >= 11 is 0.619. The fourth-order valence-corrected chi connectivity index (χ4v) is 18.1. The van der Waals surface area contributed by atoms with Crippen molar-refractivity contribution >= 4 is 40.7 Å². The maximum atomic E-state index is 14.0. The Morgan fingerprint density at radius 2 is 1.63 bits per heavy atom. The predicted molar refractivity (Wildman–Crippen MR) is 248 cm³/mol. The molecule has 0 radical (unpaired) electrons. The first-order chi connectivity index (χ1) is 27.3. The Morgan fingerprint density at radius 1 is 0.932 bits per heavy atom. The zero-order chi connectivity index (χ0) is 43.2. The Labute approximate surface area is 369 Å². The number of hydrogen-bond acceptors (Lipinski definition) is 7. The molecule has 10 heteroatoms. The molecule has 7 aliphatic rings. The van der Waals surface area contributed by atoms with E-state index in [9.17, 15) is 13.2 Å². The lowest BCUT2D eigenvalue weighted by Crippen LogP contribution is -2.68. The Bertz CT molecular complexity index is 1820. The molecule has 7 rings (SSSR count). The molecule has 59 heavy (non-hydrogen) atoms. The smallest absolute Gasteiger partial charge is 0.410 e. The van der Waals surface area contributed by atoms with Crippen molar-refractivity contribution in [1.29, 1.82) is 0 Å². The van der Waals surface area contributed by atoms with Crippen LogP contribution in [0.15, 0.2) is 35.5 Å². The van der Waals surface area contributed by atoms with E-state index in [2.05, 4.69) is 104 Å². The maximum absolute atomic E-state index is 14.0. The van der Waals surface area contributed by atoms with E-state index in [1.54, 1.807) is 5.57 Å². The second-order valence-corrected chi connectivity index (χ2v) is 31.7. The fraction of sp³-hybridized carbons (Fsp3) is 0.857. The molecule has 10 atom stereocenters. The number of allylic oxidation sites excluding steroid dienone is 5. The van der Waals surface area contributed by atoms with Gasteiger partial charge in [-0.1, -0.05) is 79.7 Å². The predicted octanol–water partition coefficient (Wildman–Crippen LogP) is 9.46. The van der Waals surface area contributed by atoms with Crippen molar-refractivity contribution in [2.24, 2.45) is 56.7 Å². The molecule has 332 valence electrons. The summed E-state index contributed by atoms with van der Waals surface area (Å²) < 4.78 is 36.6. The monoisotopic (exact) mass is 867 g/mol. The van der Waals surface area contributed by atoms with E-state index in [1.807, 2.05) is 0 Å². The van der Waals surface area contributed by atoms with Gasteiger partial charge in [0.1, 0.15) is 0 Å². The summed E-state index contributed by atoms with van der Waals surface area (Å²) in [5.41, 5.74) is 4.86. The highest BCUT2D eigenvalue weighted by molar-refractivity contribution is 7.91. The summed E-state index contributed by atoms with van der Waals surface area (Å²) in [6, 6.07) is 0. The molecular formula is C49H83AlN2O5SSi. The minimum Gasteiger partial charge on any atom is -0.519 e. The molecular weight excluding hydrogens is 784 g/mol. The Hall–Kier alpha value is -0.731. The van der Waals surface area contributed by atoms with E-state index in [4.69, 9.17) is 8.21 Å². The molecule has 1 aliphatic heterocycles. The zero-order valence-corrected chi connectivity index (χ0v) is 43.4. The minimum atomic E-state index is -2.87. The number of carbonyl (C=O) groups is 1. The summed E-state index contributed by atoms with van der Waals surface area (Å²) in [6.07, 6.45) is 18.9. The molecule has 0 aromatic rings. The number of nitrogens with one attached hydrogen (secondary N) is 1. The molecule has 1 heterocycles. The lowest BCUT2D eigenvalue weighted by atomic mass is 9.33. The highest BCUT2D eigenvalue weighted by Gasteiger charge is 2.70. The van der Waals surface area contributed by atoms with Gasteiger partial charge in [-0.05, 0) is 165 Å². The van der Waals surface area contributed by atoms with Crippen LogP contribution in [0.4, 0.5) is 0 Å². The lowest BCUT2D eigenvalue weighted by molar-refractivity contribution is -0.221. The van der Waals surface area contributed by atoms with Crippen LogP contribution in [0.1, 0.15) is 139 Å². The van der Waals surface area contributed by atoms with Crippen molar-refractivity contribution in [1.82, 2.24) is 10.2 Å². The minimum absolute atomic E-state index is 0.0236. The summed E-state index contributed by atoms with van der Waals surface area (Å²) in [6.45, 7) is 34.9. The standard InChI is InChI=1S/C49H81N2O5SSi.Al.2H/c1-34(2)36-17-24-49(50-27-28-51-29-31-57(54,55)32-30-51)26-25-46(9)38(41(36)49)13-14-40-45(8)20-18-37(44(6,7)39(45)19-21-47(40,46)10)35-15-22-48(33-52,23-16-35)42(53)56-58(11,12)43(3,4)5;;;/h15,18,36,38-41,50H,1,13-14,16-17,19-33H2,2-12H3;;;/q-1;+1;;/t36-,38+,39-,40+,41+,45-,46+,47+,48?,49-;;;/m0.../s1. The van der Waals surface area contributed by atoms with E-state index in [1.165, 1.54) is 62.5 Å². The molecule has 5 fully saturated rings. The third-order valence-corrected chi connectivity index (χ3v) is 26.2. The molecule has 6 aliphatic carbocycles. The molecule has 0 amide bonds. The molecule has 1 unspecified atom stereocenters. The van der Waals surface area contributed by atoms with Gasteiger partial charge in [0.25, 0.3) is 8.32 Å². The van der Waals surface area contributed by atoms with Crippen LogP contribution in [0.3, 0.4) is 0 Å². The first kappa shape index (κ1) is 46.3. The van der Waals surface area contributed by atoms with Crippen molar-refractivity contribution < 1.29 is 21.4 Å². The van der Waals surface area contributed by atoms with Crippen molar-refractivity contribution in [2.45, 2.75) is 163 Å². The zero-order valence-electron chi connectivity index (χ0n) is 39.6. The molecule has 0 aromatic carbocycles. The molecule has 0 spiro atoms. The number of hydrogen-bond donors (Lipinski definition) is 1. The third kappa shape index (κ3) is 7.65. The van der Waals surface area contributed by atoms with E-state index in [-0.39, 0.29) is 38.2 Å². The molecule has 1 N–H and O–H groups in total. The van der Waals surface area contributed by atoms with Crippen molar-refractivity contribution in [2.75, 3.05) is 44.3 Å². The van der Waals surface area contributed by atoms with Crippen LogP contribution in [0.5, 0.6) is 0 Å². The summed E-state index contributed by atoms with van der Waals surface area (Å²) in [5.74, 6) is 3.75. The molecule has 1 saturated heterocycles. The molecule has 0 bridgehead atoms. The number of fused-ring (bicyclic) bond motifs is 7. The lowest BCUT2D eigenvalue weighted by Gasteiger charge is -2.72. The Morgan fingerprint density at radius 3 is 2.24 bits per heavy atom. The molecule has 4 saturated carbocycles. The Balaban J connectivity index is 1.11. The number of carbonyl (C=O) groups excluding carboxylic acids is 1. The SMILES string of the molecule is C=C(C)[C@@H]1CC[C@]2(NCCN3CCS(=O)(=O)CC3)CC[C@]3(C)[C@H](CC[C@@H]4[C@@]5(C)CC=C(C6=CCC(C[O][AlH2])(C(=O)O[Si](C)(C)C(C)(C)C)CC6)C(C)(C)[C@@H]5CC[C@]43C)[C@@H]12. The van der Waals surface area contributed by atoms with E-state index < -0.39 is 23.6 Å². The molecule has 7 nitrogen and oxygen atoms in total. The second kappa shape index (κ2) is 15.8. The van der Waals surface area contributed by atoms with Crippen molar-refractivity contribution in [3.63, 3.8) is 0 Å². The number of sulfone groups is 1. The van der Waals surface area contributed by atoms with Gasteiger partial charge in [-0.3, -0.25) is 4.79 Å². The summed E-state index contributed by atoms with van der Waals surface area (Å²) in [7, 11) is -5.12. The average Bonchev–Trinajstić information content (AvgIpc) is 3.52. The van der Waals surface area contributed by atoms with Gasteiger partial charge in [-0.25, -0.2) is 8.42 Å². The Kier molecular flexibility index (Phi) is 12.4. The van der Waals surface area contributed by atoms with Crippen LogP contribution in [-0.4, -0.2) is 94.1 Å². The van der Waals surface area contributed by atoms with Crippen LogP contribution >= 0.6 is 0 Å². The van der Waals surface area contributed by atoms with Gasteiger partial charge in [0.15, 0.2) is 9.84 Å². The summed E-state index contributed by atoms with van der Waals surface area (Å²) in [5, 5.41) is 4.22. The van der Waals surface area contributed by atoms with Gasteiger partial charge in [-0.2, -0.15) is 0 Å². The number of nitrogens with zero attached hydrogens (tertiary/aromatic N) is 1. The highest BCUT2D eigenvalue weighted by Crippen LogP contribution is 2.76. The van der Waals surface area contributed by atoms with Crippen LogP contribution in [0, 0.1) is 56.7 Å². The van der Waals surface area contributed by atoms with Gasteiger partial charge in [0.05, 0.1) is 16.9 Å². The van der Waals surface area contributed by atoms with Crippen LogP contribution in [-0.2, 0) is 22.8 Å². The van der Waals surface area contributed by atoms with Crippen molar-refractivity contribution in [3.8, 4) is 0 Å². The van der Waals surface area contributed by atoms with Gasteiger partial charge >= 0.3 is 22.6 Å². The van der Waals surface area contributed by atoms with E-state index in [0.717, 1.165) is 32.4 Å². The van der Waals surface area contributed by atoms with Crippen LogP contribution in [0.2, 0.25) is 18.1 Å². The average molecular weight is 867 g/mol. The topological polar surface area (TPSA) is 84.9 Å². The van der Waals surface area contributed by atoms with Gasteiger partial charge in [0.2, 0.25) is 0 Å². The highest BCUT2D eigenvalue weighted by atomic mass is 32.2. The van der Waals surface area contributed by atoms with E-state index >= 15 is 0 Å². The maximum Gasteiger partial charge on any atom is 0.410 e. The van der Waals surface area contributed by atoms with E-state index in [0.29, 0.717) is 83.8 Å². The second-order valence-electron chi connectivity index (χ2n) is 24.1. The third-order valence-electron chi connectivity index (χ3n) is 20.0. The first-order valence-electron chi connectivity index (χ1n) is 23.8. The van der Waals surface area contributed by atoms with Crippen molar-refractivity contribution in [3.05, 3.63) is 35.5 Å². The van der Waals surface area contributed by atoms with Gasteiger partial charge < -0.3 is 18.4 Å². The van der Waals surface area contributed by atoms with Gasteiger partial charge in [0, 0.05) is 38.3 Å². The molecule has 0 aromatic heterocycles. The number of rotatable bonds is 10. The first-order valence-corrected chi connectivity index (χ1v) is 29.3.